The van der Waals surface area contributed by atoms with Crippen molar-refractivity contribution in [3.63, 3.8) is 0 Å². The maximum absolute atomic E-state index is 12.4. The molecule has 0 aliphatic heterocycles. The van der Waals surface area contributed by atoms with Gasteiger partial charge in [0.2, 0.25) is 0 Å². The largest absolute Gasteiger partial charge is 0.493 e. The molecule has 0 aliphatic rings. The van der Waals surface area contributed by atoms with E-state index < -0.39 is 0 Å². The molecule has 3 rings (SSSR count). The van der Waals surface area contributed by atoms with Gasteiger partial charge < -0.3 is 10.1 Å². The van der Waals surface area contributed by atoms with Gasteiger partial charge in [0.05, 0.1) is 12.2 Å². The van der Waals surface area contributed by atoms with Gasteiger partial charge >= 0.3 is 0 Å². The molecule has 0 fully saturated rings. The molecular formula is C20H18N2O2S. The van der Waals surface area contributed by atoms with E-state index in [1.807, 2.05) is 55.5 Å². The fourth-order valence-electron chi connectivity index (χ4n) is 2.54. The first-order valence-electron chi connectivity index (χ1n) is 8.00. The van der Waals surface area contributed by atoms with Crippen molar-refractivity contribution in [1.82, 2.24) is 5.32 Å². The Balaban J connectivity index is 1.70. The quantitative estimate of drug-likeness (QED) is 0.686. The third kappa shape index (κ3) is 4.14. The number of rotatable bonds is 4. The van der Waals surface area contributed by atoms with Crippen LogP contribution in [0.15, 0.2) is 66.7 Å². The molecule has 126 valence electrons. The number of thiocarbonyl (C=S) groups is 1. The van der Waals surface area contributed by atoms with Crippen molar-refractivity contribution >= 4 is 39.7 Å². The number of anilines is 1. The zero-order valence-electron chi connectivity index (χ0n) is 13.8. The minimum Gasteiger partial charge on any atom is -0.493 e. The summed E-state index contributed by atoms with van der Waals surface area (Å²) in [5.74, 6) is 0.235. The lowest BCUT2D eigenvalue weighted by Gasteiger charge is -2.12. The summed E-state index contributed by atoms with van der Waals surface area (Å²) in [6.07, 6.45) is 0. The summed E-state index contributed by atoms with van der Waals surface area (Å²) in [6, 6.07) is 21.1. The molecule has 3 aromatic carbocycles. The van der Waals surface area contributed by atoms with E-state index in [1.165, 1.54) is 0 Å². The van der Waals surface area contributed by atoms with E-state index in [1.54, 1.807) is 18.2 Å². The van der Waals surface area contributed by atoms with Crippen LogP contribution in [0.5, 0.6) is 5.75 Å². The number of para-hydroxylation sites is 1. The van der Waals surface area contributed by atoms with Crippen LogP contribution >= 0.6 is 12.2 Å². The topological polar surface area (TPSA) is 50.4 Å². The van der Waals surface area contributed by atoms with E-state index >= 15 is 0 Å². The molecule has 0 unspecified atom stereocenters. The van der Waals surface area contributed by atoms with Gasteiger partial charge in [-0.15, -0.1) is 0 Å². The Bertz CT molecular complexity index is 924. The predicted molar refractivity (Wildman–Crippen MR) is 105 cm³/mol. The molecule has 1 amide bonds. The SMILES string of the molecule is CCOc1ccccc1C(=O)NC(=S)Nc1ccc2ccccc2c1. The van der Waals surface area contributed by atoms with E-state index in [2.05, 4.69) is 10.6 Å². The van der Waals surface area contributed by atoms with Crippen molar-refractivity contribution in [2.75, 3.05) is 11.9 Å². The van der Waals surface area contributed by atoms with Gasteiger partial charge in [-0.25, -0.2) is 0 Å². The molecule has 0 bridgehead atoms. The van der Waals surface area contributed by atoms with Crippen molar-refractivity contribution in [2.45, 2.75) is 6.92 Å². The third-order valence-corrected chi connectivity index (χ3v) is 3.87. The standard InChI is InChI=1S/C20H18N2O2S/c1-2-24-18-10-6-5-9-17(18)19(23)22-20(25)21-16-12-11-14-7-3-4-8-15(14)13-16/h3-13H,2H2,1H3,(H2,21,22,23,25). The van der Waals surface area contributed by atoms with Gasteiger partial charge in [0.1, 0.15) is 5.75 Å². The Morgan fingerprint density at radius 2 is 1.72 bits per heavy atom. The molecule has 0 spiro atoms. The van der Waals surface area contributed by atoms with Crippen LogP contribution in [0.3, 0.4) is 0 Å². The van der Waals surface area contributed by atoms with Crippen LogP contribution in [0.25, 0.3) is 10.8 Å². The normalized spacial score (nSPS) is 10.3. The summed E-state index contributed by atoms with van der Waals surface area (Å²) in [4.78, 5) is 12.4. The number of hydrogen-bond acceptors (Lipinski definition) is 3. The summed E-state index contributed by atoms with van der Waals surface area (Å²) < 4.78 is 5.48. The average Bonchev–Trinajstić information content (AvgIpc) is 2.62. The Morgan fingerprint density at radius 3 is 2.52 bits per heavy atom. The zero-order valence-corrected chi connectivity index (χ0v) is 14.6. The predicted octanol–water partition coefficient (Wildman–Crippen LogP) is 4.37. The molecular weight excluding hydrogens is 332 g/mol. The van der Waals surface area contributed by atoms with Crippen LogP contribution in [-0.4, -0.2) is 17.6 Å². The van der Waals surface area contributed by atoms with Crippen molar-refractivity contribution in [3.8, 4) is 5.75 Å². The van der Waals surface area contributed by atoms with E-state index in [-0.39, 0.29) is 11.0 Å². The lowest BCUT2D eigenvalue weighted by Crippen LogP contribution is -2.34. The molecule has 4 nitrogen and oxygen atoms in total. The summed E-state index contributed by atoms with van der Waals surface area (Å²) >= 11 is 5.26. The lowest BCUT2D eigenvalue weighted by atomic mass is 10.1. The molecule has 0 radical (unpaired) electrons. The maximum atomic E-state index is 12.4. The average molecular weight is 350 g/mol. The Kier molecular flexibility index (Phi) is 5.26. The van der Waals surface area contributed by atoms with Crippen LogP contribution in [0.4, 0.5) is 5.69 Å². The van der Waals surface area contributed by atoms with Gasteiger partial charge in [0.25, 0.3) is 5.91 Å². The molecule has 25 heavy (non-hydrogen) atoms. The highest BCUT2D eigenvalue weighted by Gasteiger charge is 2.13. The van der Waals surface area contributed by atoms with Crippen LogP contribution < -0.4 is 15.4 Å². The van der Waals surface area contributed by atoms with Gasteiger partial charge in [0, 0.05) is 5.69 Å². The van der Waals surface area contributed by atoms with Crippen LogP contribution in [-0.2, 0) is 0 Å². The van der Waals surface area contributed by atoms with Gasteiger partial charge in [-0.05, 0) is 54.2 Å². The number of fused-ring (bicyclic) bond motifs is 1. The molecule has 0 atom stereocenters. The first kappa shape index (κ1) is 16.9. The van der Waals surface area contributed by atoms with Crippen LogP contribution in [0.2, 0.25) is 0 Å². The number of amides is 1. The fraction of sp³-hybridized carbons (Fsp3) is 0.100. The zero-order chi connectivity index (χ0) is 17.6. The van der Waals surface area contributed by atoms with Gasteiger partial charge in [-0.3, -0.25) is 10.1 Å². The summed E-state index contributed by atoms with van der Waals surface area (Å²) in [5, 5.41) is 8.23. The number of nitrogens with one attached hydrogen (secondary N) is 2. The number of ether oxygens (including phenoxy) is 1. The smallest absolute Gasteiger partial charge is 0.261 e. The number of benzene rings is 3. The Hall–Kier alpha value is -2.92. The Morgan fingerprint density at radius 1 is 1.00 bits per heavy atom. The number of carbonyl (C=O) groups excluding carboxylic acids is 1. The molecule has 0 aromatic heterocycles. The highest BCUT2D eigenvalue weighted by Crippen LogP contribution is 2.20. The van der Waals surface area contributed by atoms with E-state index in [4.69, 9.17) is 17.0 Å². The summed E-state index contributed by atoms with van der Waals surface area (Å²) in [6.45, 7) is 2.37. The fourth-order valence-corrected chi connectivity index (χ4v) is 2.75. The molecule has 2 N–H and O–H groups in total. The summed E-state index contributed by atoms with van der Waals surface area (Å²) in [7, 11) is 0. The van der Waals surface area contributed by atoms with Crippen molar-refractivity contribution in [2.24, 2.45) is 0 Å². The molecule has 0 heterocycles. The highest BCUT2D eigenvalue weighted by molar-refractivity contribution is 7.80. The minimum atomic E-state index is -0.303. The molecule has 0 saturated heterocycles. The number of hydrogen-bond donors (Lipinski definition) is 2. The third-order valence-electron chi connectivity index (χ3n) is 3.67. The minimum absolute atomic E-state index is 0.242. The molecule has 0 saturated carbocycles. The first-order chi connectivity index (χ1) is 12.2. The van der Waals surface area contributed by atoms with Crippen LogP contribution in [0, 0.1) is 0 Å². The first-order valence-corrected chi connectivity index (χ1v) is 8.41. The van der Waals surface area contributed by atoms with E-state index in [0.29, 0.717) is 17.9 Å². The Labute approximate surface area is 151 Å². The van der Waals surface area contributed by atoms with Gasteiger partial charge in [-0.2, -0.15) is 0 Å². The second-order valence-corrected chi connectivity index (χ2v) is 5.81. The van der Waals surface area contributed by atoms with Gasteiger partial charge in [-0.1, -0.05) is 42.5 Å². The van der Waals surface area contributed by atoms with E-state index in [9.17, 15) is 4.79 Å². The van der Waals surface area contributed by atoms with Crippen molar-refractivity contribution < 1.29 is 9.53 Å². The maximum Gasteiger partial charge on any atom is 0.261 e. The highest BCUT2D eigenvalue weighted by atomic mass is 32.1. The molecule has 3 aromatic rings. The monoisotopic (exact) mass is 350 g/mol. The summed E-state index contributed by atoms with van der Waals surface area (Å²) in [5.41, 5.74) is 1.27. The van der Waals surface area contributed by atoms with Crippen LogP contribution in [0.1, 0.15) is 17.3 Å². The van der Waals surface area contributed by atoms with Gasteiger partial charge in [0.15, 0.2) is 5.11 Å². The van der Waals surface area contributed by atoms with E-state index in [0.717, 1.165) is 16.5 Å². The second kappa shape index (κ2) is 7.77. The molecule has 5 heteroatoms. The van der Waals surface area contributed by atoms with Crippen molar-refractivity contribution in [1.29, 1.82) is 0 Å². The lowest BCUT2D eigenvalue weighted by molar-refractivity contribution is 0.0974. The second-order valence-electron chi connectivity index (χ2n) is 5.40. The van der Waals surface area contributed by atoms with Crippen molar-refractivity contribution in [3.05, 3.63) is 72.3 Å². The number of carbonyl (C=O) groups is 1. The molecule has 0 aliphatic carbocycles.